The van der Waals surface area contributed by atoms with E-state index in [9.17, 15) is 35.4 Å². The van der Waals surface area contributed by atoms with Gasteiger partial charge in [0, 0.05) is 0 Å². The lowest BCUT2D eigenvalue weighted by Crippen LogP contribution is -2.65. The summed E-state index contributed by atoms with van der Waals surface area (Å²) in [6.07, 6.45) is -17.8. The Hall–Kier alpha value is -0.930. The standard InChI is InChI=1S/C12H20O12/c13-1-2-3(14)8(7(18)11(21)22-2)23-12-6(17)4(15)5(16)9(24-12)10(19)20/h2-9,11-18,21H,1H2,(H,19,20)/t2-,3-,4+,5+,6-,7-,8+,9+,11?,12+/m1/s1. The predicted molar refractivity (Wildman–Crippen MR) is 69.2 cm³/mol. The summed E-state index contributed by atoms with van der Waals surface area (Å²) in [5.74, 6) is -1.64. The first kappa shape index (κ1) is 19.4. The van der Waals surface area contributed by atoms with Crippen molar-refractivity contribution in [1.29, 1.82) is 0 Å². The number of aliphatic hydroxyl groups excluding tert-OH is 7. The van der Waals surface area contributed by atoms with Crippen molar-refractivity contribution in [2.75, 3.05) is 6.61 Å². The Morgan fingerprint density at radius 3 is 2.04 bits per heavy atom. The van der Waals surface area contributed by atoms with Crippen LogP contribution in [0.25, 0.3) is 0 Å². The summed E-state index contributed by atoms with van der Waals surface area (Å²) in [6, 6.07) is 0. The van der Waals surface area contributed by atoms with Crippen LogP contribution in [0, 0.1) is 0 Å². The van der Waals surface area contributed by atoms with E-state index in [1.54, 1.807) is 0 Å². The Kier molecular flexibility index (Phi) is 6.09. The number of aliphatic hydroxyl groups is 7. The molecule has 2 heterocycles. The molecule has 1 unspecified atom stereocenters. The molecule has 0 spiro atoms. The average Bonchev–Trinajstić information content (AvgIpc) is 2.54. The van der Waals surface area contributed by atoms with Crippen molar-refractivity contribution in [1.82, 2.24) is 0 Å². The van der Waals surface area contributed by atoms with Crippen LogP contribution in [-0.4, -0.2) is 115 Å². The first-order chi connectivity index (χ1) is 11.2. The van der Waals surface area contributed by atoms with Crippen LogP contribution in [0.4, 0.5) is 0 Å². The number of hydrogen-bond donors (Lipinski definition) is 8. The Morgan fingerprint density at radius 1 is 0.875 bits per heavy atom. The molecule has 0 bridgehead atoms. The van der Waals surface area contributed by atoms with E-state index < -0.39 is 74.0 Å². The molecule has 0 aromatic carbocycles. The van der Waals surface area contributed by atoms with Gasteiger partial charge in [-0.25, -0.2) is 4.79 Å². The molecule has 140 valence electrons. The van der Waals surface area contributed by atoms with Gasteiger partial charge in [0.1, 0.15) is 42.7 Å². The number of ether oxygens (including phenoxy) is 3. The molecule has 24 heavy (non-hydrogen) atoms. The van der Waals surface area contributed by atoms with E-state index in [0.717, 1.165) is 0 Å². The molecule has 8 N–H and O–H groups in total. The van der Waals surface area contributed by atoms with Gasteiger partial charge in [-0.05, 0) is 0 Å². The topological polar surface area (TPSA) is 207 Å². The maximum Gasteiger partial charge on any atom is 0.335 e. The van der Waals surface area contributed by atoms with Crippen LogP contribution in [0.3, 0.4) is 0 Å². The molecular formula is C12H20O12. The second kappa shape index (κ2) is 7.53. The zero-order valence-corrected chi connectivity index (χ0v) is 12.2. The van der Waals surface area contributed by atoms with Crippen molar-refractivity contribution >= 4 is 5.97 Å². The number of hydrogen-bond acceptors (Lipinski definition) is 11. The molecule has 0 saturated carbocycles. The number of aliphatic carboxylic acids is 1. The van der Waals surface area contributed by atoms with Crippen LogP contribution in [-0.2, 0) is 19.0 Å². The molecule has 2 aliphatic heterocycles. The van der Waals surface area contributed by atoms with Gasteiger partial charge in [-0.3, -0.25) is 0 Å². The van der Waals surface area contributed by atoms with Gasteiger partial charge in [-0.2, -0.15) is 0 Å². The molecule has 2 saturated heterocycles. The number of carboxylic acid groups (broad SMARTS) is 1. The Balaban J connectivity index is 2.16. The predicted octanol–water partition coefficient (Wildman–Crippen LogP) is -5.30. The SMILES string of the molecule is O=C(O)[C@H]1O[C@H](O[C@H]2[C@H](O)[C@@H](CO)OC(O)[C@@H]2O)[C@H](O)[C@@H](O)[C@@H]1O. The van der Waals surface area contributed by atoms with Gasteiger partial charge in [0.25, 0.3) is 0 Å². The highest BCUT2D eigenvalue weighted by Crippen LogP contribution is 2.28. The minimum atomic E-state index is -1.93. The third-order valence-corrected chi connectivity index (χ3v) is 3.94. The minimum Gasteiger partial charge on any atom is -0.479 e. The normalized spacial score (nSPS) is 49.8. The lowest BCUT2D eigenvalue weighted by molar-refractivity contribution is -0.351. The Labute approximate surface area is 135 Å². The zero-order chi connectivity index (χ0) is 18.2. The number of carboxylic acids is 1. The first-order valence-corrected chi connectivity index (χ1v) is 7.07. The number of rotatable bonds is 4. The smallest absolute Gasteiger partial charge is 0.335 e. The lowest BCUT2D eigenvalue weighted by atomic mass is 9.97. The fourth-order valence-corrected chi connectivity index (χ4v) is 2.55. The van der Waals surface area contributed by atoms with Crippen molar-refractivity contribution in [3.05, 3.63) is 0 Å². The van der Waals surface area contributed by atoms with Crippen LogP contribution in [0.1, 0.15) is 0 Å². The van der Waals surface area contributed by atoms with Gasteiger partial charge in [-0.1, -0.05) is 0 Å². The van der Waals surface area contributed by atoms with Crippen molar-refractivity contribution in [3.8, 4) is 0 Å². The molecule has 12 nitrogen and oxygen atoms in total. The molecule has 0 aromatic heterocycles. The van der Waals surface area contributed by atoms with Gasteiger partial charge < -0.3 is 55.1 Å². The molecule has 0 aromatic rings. The van der Waals surface area contributed by atoms with Crippen molar-refractivity contribution in [3.63, 3.8) is 0 Å². The quantitative estimate of drug-likeness (QED) is 0.238. The van der Waals surface area contributed by atoms with Crippen LogP contribution in [0.15, 0.2) is 0 Å². The maximum atomic E-state index is 11.0. The molecule has 12 heteroatoms. The molecule has 2 fully saturated rings. The van der Waals surface area contributed by atoms with E-state index in [2.05, 4.69) is 0 Å². The second-order valence-electron chi connectivity index (χ2n) is 5.56. The third kappa shape index (κ3) is 3.52. The lowest BCUT2D eigenvalue weighted by Gasteiger charge is -2.44. The van der Waals surface area contributed by atoms with E-state index in [4.69, 9.17) is 24.4 Å². The van der Waals surface area contributed by atoms with Gasteiger partial charge in [-0.15, -0.1) is 0 Å². The molecule has 2 rings (SSSR count). The summed E-state index contributed by atoms with van der Waals surface area (Å²) < 4.78 is 14.7. The van der Waals surface area contributed by atoms with Gasteiger partial charge in [0.2, 0.25) is 0 Å². The highest BCUT2D eigenvalue weighted by atomic mass is 16.7. The molecule has 0 amide bonds. The summed E-state index contributed by atoms with van der Waals surface area (Å²) in [5, 5.41) is 76.4. The molecule has 10 atom stereocenters. The van der Waals surface area contributed by atoms with Crippen LogP contribution in [0.5, 0.6) is 0 Å². The largest absolute Gasteiger partial charge is 0.479 e. The second-order valence-corrected chi connectivity index (χ2v) is 5.56. The van der Waals surface area contributed by atoms with E-state index in [1.165, 1.54) is 0 Å². The van der Waals surface area contributed by atoms with Gasteiger partial charge in [0.05, 0.1) is 6.61 Å². The van der Waals surface area contributed by atoms with Crippen molar-refractivity contribution in [2.24, 2.45) is 0 Å². The highest BCUT2D eigenvalue weighted by molar-refractivity contribution is 5.73. The minimum absolute atomic E-state index is 0.724. The van der Waals surface area contributed by atoms with Crippen molar-refractivity contribution in [2.45, 2.75) is 61.4 Å². The fraction of sp³-hybridized carbons (Fsp3) is 0.917. The molecular weight excluding hydrogens is 336 g/mol. The summed E-state index contributed by atoms with van der Waals surface area (Å²) in [6.45, 7) is -0.724. The van der Waals surface area contributed by atoms with Gasteiger partial charge >= 0.3 is 5.97 Å². The molecule has 2 aliphatic rings. The Bertz CT molecular complexity index is 446. The first-order valence-electron chi connectivity index (χ1n) is 7.07. The van der Waals surface area contributed by atoms with Crippen LogP contribution >= 0.6 is 0 Å². The zero-order valence-electron chi connectivity index (χ0n) is 12.2. The van der Waals surface area contributed by atoms with E-state index in [-0.39, 0.29) is 0 Å². The summed E-state index contributed by atoms with van der Waals surface area (Å²) in [4.78, 5) is 11.0. The van der Waals surface area contributed by atoms with Crippen LogP contribution in [0.2, 0.25) is 0 Å². The molecule has 0 radical (unpaired) electrons. The Morgan fingerprint density at radius 2 is 1.50 bits per heavy atom. The van der Waals surface area contributed by atoms with E-state index >= 15 is 0 Å². The summed E-state index contributed by atoms with van der Waals surface area (Å²) in [7, 11) is 0. The van der Waals surface area contributed by atoms with E-state index in [1.807, 2.05) is 0 Å². The van der Waals surface area contributed by atoms with Crippen molar-refractivity contribution < 1.29 is 59.9 Å². The highest BCUT2D eigenvalue weighted by Gasteiger charge is 2.51. The van der Waals surface area contributed by atoms with Crippen LogP contribution < -0.4 is 0 Å². The maximum absolute atomic E-state index is 11.0. The fourth-order valence-electron chi connectivity index (χ4n) is 2.55. The number of carbonyl (C=O) groups is 1. The monoisotopic (exact) mass is 356 g/mol. The average molecular weight is 356 g/mol. The van der Waals surface area contributed by atoms with E-state index in [0.29, 0.717) is 0 Å². The summed E-state index contributed by atoms with van der Waals surface area (Å²) >= 11 is 0. The van der Waals surface area contributed by atoms with Gasteiger partial charge in [0.15, 0.2) is 18.7 Å². The molecule has 0 aliphatic carbocycles. The summed E-state index contributed by atoms with van der Waals surface area (Å²) in [5.41, 5.74) is 0. The third-order valence-electron chi connectivity index (χ3n) is 3.94.